The number of hydrogen-bond donors (Lipinski definition) is 1. The molecule has 0 spiro atoms. The highest BCUT2D eigenvalue weighted by Crippen LogP contribution is 2.23. The summed E-state index contributed by atoms with van der Waals surface area (Å²) in [5.74, 6) is -0.592. The van der Waals surface area contributed by atoms with E-state index in [1.165, 1.54) is 18.2 Å². The van der Waals surface area contributed by atoms with Crippen LogP contribution in [0.5, 0.6) is 0 Å². The van der Waals surface area contributed by atoms with Gasteiger partial charge in [0.25, 0.3) is 0 Å². The van der Waals surface area contributed by atoms with Crippen molar-refractivity contribution in [2.75, 3.05) is 12.4 Å². The van der Waals surface area contributed by atoms with Crippen molar-refractivity contribution >= 4 is 9.84 Å². The van der Waals surface area contributed by atoms with Crippen molar-refractivity contribution in [3.05, 3.63) is 53.8 Å². The summed E-state index contributed by atoms with van der Waals surface area (Å²) in [5, 5.41) is 8.73. The lowest BCUT2D eigenvalue weighted by atomic mass is 10.0. The van der Waals surface area contributed by atoms with Gasteiger partial charge in [0.1, 0.15) is 5.82 Å². The van der Waals surface area contributed by atoms with E-state index in [0.717, 1.165) is 5.56 Å². The van der Waals surface area contributed by atoms with Crippen molar-refractivity contribution < 1.29 is 17.9 Å². The van der Waals surface area contributed by atoms with Crippen LogP contribution < -0.4 is 0 Å². The van der Waals surface area contributed by atoms with Gasteiger partial charge < -0.3 is 5.11 Å². The van der Waals surface area contributed by atoms with Crippen molar-refractivity contribution in [2.24, 2.45) is 0 Å². The van der Waals surface area contributed by atoms with Crippen LogP contribution in [0, 0.1) is 12.7 Å². The average Bonchev–Trinajstić information content (AvgIpc) is 2.42. The summed E-state index contributed by atoms with van der Waals surface area (Å²) in [6, 6.07) is 11.1. The summed E-state index contributed by atoms with van der Waals surface area (Å²) < 4.78 is 37.0. The molecule has 0 atom stereocenters. The molecular weight excluding hydrogens is 279 g/mol. The highest BCUT2D eigenvalue weighted by Gasteiger charge is 2.13. The fourth-order valence-electron chi connectivity index (χ4n) is 1.87. The van der Waals surface area contributed by atoms with Gasteiger partial charge in [-0.1, -0.05) is 24.3 Å². The van der Waals surface area contributed by atoms with Crippen molar-refractivity contribution in [2.45, 2.75) is 11.8 Å². The van der Waals surface area contributed by atoms with E-state index >= 15 is 0 Å². The number of hydrogen-bond acceptors (Lipinski definition) is 3. The van der Waals surface area contributed by atoms with E-state index in [2.05, 4.69) is 0 Å². The number of rotatable bonds is 4. The molecule has 0 fully saturated rings. The molecular formula is C15H15FO3S. The molecule has 0 unspecified atom stereocenters. The van der Waals surface area contributed by atoms with Crippen LogP contribution in [0.25, 0.3) is 11.1 Å². The van der Waals surface area contributed by atoms with Gasteiger partial charge in [-0.2, -0.15) is 0 Å². The average molecular weight is 294 g/mol. The Morgan fingerprint density at radius 3 is 2.20 bits per heavy atom. The maximum atomic E-state index is 13.5. The fraction of sp³-hybridized carbons (Fsp3) is 0.200. The highest BCUT2D eigenvalue weighted by atomic mass is 32.2. The molecule has 0 aliphatic heterocycles. The van der Waals surface area contributed by atoms with Gasteiger partial charge in [-0.15, -0.1) is 0 Å². The van der Waals surface area contributed by atoms with Gasteiger partial charge in [0.2, 0.25) is 0 Å². The largest absolute Gasteiger partial charge is 0.395 e. The molecule has 0 saturated heterocycles. The van der Waals surface area contributed by atoms with Gasteiger partial charge in [-0.25, -0.2) is 12.8 Å². The zero-order chi connectivity index (χ0) is 14.8. The number of sulfone groups is 1. The molecule has 3 nitrogen and oxygen atoms in total. The topological polar surface area (TPSA) is 54.4 Å². The van der Waals surface area contributed by atoms with Crippen LogP contribution in [0.1, 0.15) is 5.56 Å². The number of aliphatic hydroxyl groups is 1. The number of halogens is 1. The Balaban J connectivity index is 2.35. The Labute approximate surface area is 117 Å². The number of aliphatic hydroxyl groups excluding tert-OH is 1. The summed E-state index contributed by atoms with van der Waals surface area (Å²) in [5.41, 5.74) is 2.00. The summed E-state index contributed by atoms with van der Waals surface area (Å²) >= 11 is 0. The quantitative estimate of drug-likeness (QED) is 0.943. The summed E-state index contributed by atoms with van der Waals surface area (Å²) in [6.07, 6.45) is 0. The van der Waals surface area contributed by atoms with Gasteiger partial charge in [0, 0.05) is 0 Å². The van der Waals surface area contributed by atoms with Crippen molar-refractivity contribution in [3.8, 4) is 11.1 Å². The second kappa shape index (κ2) is 5.73. The number of benzene rings is 2. The molecule has 2 aromatic carbocycles. The molecule has 0 saturated carbocycles. The first kappa shape index (κ1) is 14.7. The number of aryl methyl sites for hydroxylation is 1. The van der Waals surface area contributed by atoms with Gasteiger partial charge in [-0.3, -0.25) is 0 Å². The molecule has 2 aromatic rings. The fourth-order valence-corrected chi connectivity index (χ4v) is 2.89. The van der Waals surface area contributed by atoms with Gasteiger partial charge in [0.05, 0.1) is 17.3 Å². The van der Waals surface area contributed by atoms with E-state index in [1.54, 1.807) is 31.2 Å². The second-order valence-electron chi connectivity index (χ2n) is 4.53. The third-order valence-electron chi connectivity index (χ3n) is 3.08. The standard InChI is InChI=1S/C15H15FO3S/c1-11-2-3-13(10-15(11)16)12-4-6-14(7-5-12)20(18,19)9-8-17/h2-7,10,17H,8-9H2,1H3. The predicted molar refractivity (Wildman–Crippen MR) is 75.7 cm³/mol. The SMILES string of the molecule is Cc1ccc(-c2ccc(S(=O)(=O)CCO)cc2)cc1F. The van der Waals surface area contributed by atoms with Gasteiger partial charge in [0.15, 0.2) is 9.84 Å². The van der Waals surface area contributed by atoms with Crippen LogP contribution in [0.4, 0.5) is 4.39 Å². The Morgan fingerprint density at radius 2 is 1.65 bits per heavy atom. The van der Waals surface area contributed by atoms with Crippen molar-refractivity contribution in [1.82, 2.24) is 0 Å². The monoisotopic (exact) mass is 294 g/mol. The first-order valence-corrected chi connectivity index (χ1v) is 7.79. The third kappa shape index (κ3) is 3.05. The van der Waals surface area contributed by atoms with Crippen molar-refractivity contribution in [3.63, 3.8) is 0 Å². The molecule has 5 heteroatoms. The lowest BCUT2D eigenvalue weighted by Gasteiger charge is -2.06. The highest BCUT2D eigenvalue weighted by molar-refractivity contribution is 7.91. The molecule has 0 amide bonds. The Morgan fingerprint density at radius 1 is 1.05 bits per heavy atom. The van der Waals surface area contributed by atoms with E-state index < -0.39 is 16.4 Å². The molecule has 0 aromatic heterocycles. The van der Waals surface area contributed by atoms with Crippen LogP contribution in [-0.4, -0.2) is 25.9 Å². The first-order chi connectivity index (χ1) is 9.44. The second-order valence-corrected chi connectivity index (χ2v) is 6.64. The van der Waals surface area contributed by atoms with E-state index in [0.29, 0.717) is 11.1 Å². The van der Waals surface area contributed by atoms with Crippen LogP contribution in [0.3, 0.4) is 0 Å². The molecule has 2 rings (SSSR count). The van der Waals surface area contributed by atoms with E-state index in [1.807, 2.05) is 0 Å². The molecule has 20 heavy (non-hydrogen) atoms. The van der Waals surface area contributed by atoms with E-state index in [9.17, 15) is 12.8 Å². The Kier molecular flexibility index (Phi) is 4.20. The summed E-state index contributed by atoms with van der Waals surface area (Å²) in [7, 11) is -3.45. The minimum atomic E-state index is -3.45. The summed E-state index contributed by atoms with van der Waals surface area (Å²) in [6.45, 7) is 1.27. The molecule has 106 valence electrons. The molecule has 0 heterocycles. The molecule has 1 N–H and O–H groups in total. The van der Waals surface area contributed by atoms with Crippen LogP contribution >= 0.6 is 0 Å². The zero-order valence-corrected chi connectivity index (χ0v) is 11.8. The van der Waals surface area contributed by atoms with Crippen LogP contribution in [-0.2, 0) is 9.84 Å². The molecule has 0 aliphatic rings. The minimum Gasteiger partial charge on any atom is -0.395 e. The molecule has 0 radical (unpaired) electrons. The normalized spacial score (nSPS) is 11.6. The maximum Gasteiger partial charge on any atom is 0.180 e. The lowest BCUT2D eigenvalue weighted by molar-refractivity contribution is 0.319. The van der Waals surface area contributed by atoms with Crippen molar-refractivity contribution in [1.29, 1.82) is 0 Å². The Bertz CT molecular complexity index is 706. The zero-order valence-electron chi connectivity index (χ0n) is 11.0. The summed E-state index contributed by atoms with van der Waals surface area (Å²) in [4.78, 5) is 0.155. The van der Waals surface area contributed by atoms with E-state index in [4.69, 9.17) is 5.11 Å². The molecule has 0 bridgehead atoms. The first-order valence-electron chi connectivity index (χ1n) is 6.14. The van der Waals surface area contributed by atoms with Crippen LogP contribution in [0.15, 0.2) is 47.4 Å². The Hall–Kier alpha value is -1.72. The lowest BCUT2D eigenvalue weighted by Crippen LogP contribution is -2.09. The minimum absolute atomic E-state index is 0.155. The predicted octanol–water partition coefficient (Wildman–Crippen LogP) is 2.57. The van der Waals surface area contributed by atoms with Gasteiger partial charge >= 0.3 is 0 Å². The maximum absolute atomic E-state index is 13.5. The van der Waals surface area contributed by atoms with E-state index in [-0.39, 0.29) is 16.5 Å². The van der Waals surface area contributed by atoms with Gasteiger partial charge in [-0.05, 0) is 41.8 Å². The molecule has 0 aliphatic carbocycles. The van der Waals surface area contributed by atoms with Crippen LogP contribution in [0.2, 0.25) is 0 Å². The smallest absolute Gasteiger partial charge is 0.180 e. The third-order valence-corrected chi connectivity index (χ3v) is 4.79.